The van der Waals surface area contributed by atoms with Crippen LogP contribution in [0.15, 0.2) is 84.1 Å². The van der Waals surface area contributed by atoms with E-state index >= 15 is 0 Å². The fourth-order valence-electron chi connectivity index (χ4n) is 3.96. The van der Waals surface area contributed by atoms with Gasteiger partial charge in [0.25, 0.3) is 0 Å². The number of aliphatic hydroxyl groups excluding tert-OH is 1. The summed E-state index contributed by atoms with van der Waals surface area (Å²) < 4.78 is 11.7. The summed E-state index contributed by atoms with van der Waals surface area (Å²) in [7, 11) is 0. The predicted octanol–water partition coefficient (Wildman–Crippen LogP) is 4.33. The van der Waals surface area contributed by atoms with Gasteiger partial charge in [0.15, 0.2) is 18.1 Å². The zero-order valence-corrected chi connectivity index (χ0v) is 21.3. The molecule has 36 heavy (non-hydrogen) atoms. The number of ketones is 1. The van der Waals surface area contributed by atoms with E-state index < -0.39 is 24.2 Å². The molecule has 7 heteroatoms. The molecular formula is C29H37NO6. The van der Waals surface area contributed by atoms with Crippen LogP contribution >= 0.6 is 0 Å². The first-order chi connectivity index (χ1) is 17.2. The van der Waals surface area contributed by atoms with Gasteiger partial charge in [-0.05, 0) is 46.1 Å². The number of nitrogens with one attached hydrogen (secondary N) is 1. The molecule has 2 bridgehead atoms. The van der Waals surface area contributed by atoms with Crippen LogP contribution < -0.4 is 5.32 Å². The minimum atomic E-state index is -1.42. The predicted molar refractivity (Wildman–Crippen MR) is 140 cm³/mol. The van der Waals surface area contributed by atoms with E-state index in [0.717, 1.165) is 23.1 Å². The largest absolute Gasteiger partial charge is 0.454 e. The third kappa shape index (κ3) is 11.0. The van der Waals surface area contributed by atoms with Crippen molar-refractivity contribution in [2.75, 3.05) is 0 Å². The van der Waals surface area contributed by atoms with Gasteiger partial charge in [-0.3, -0.25) is 9.59 Å². The highest BCUT2D eigenvalue weighted by molar-refractivity contribution is 5.91. The number of fused-ring (bicyclic) bond motifs is 2. The zero-order chi connectivity index (χ0) is 26.5. The van der Waals surface area contributed by atoms with Crippen molar-refractivity contribution in [3.05, 3.63) is 84.1 Å². The monoisotopic (exact) mass is 495 g/mol. The molecule has 0 aromatic carbocycles. The highest BCUT2D eigenvalue weighted by Crippen LogP contribution is 2.27. The molecule has 7 nitrogen and oxygen atoms in total. The lowest BCUT2D eigenvalue weighted by atomic mass is 9.95. The van der Waals surface area contributed by atoms with Crippen LogP contribution in [-0.2, 0) is 23.9 Å². The van der Waals surface area contributed by atoms with E-state index in [0.29, 0.717) is 12.8 Å². The van der Waals surface area contributed by atoms with Gasteiger partial charge < -0.3 is 19.9 Å². The smallest absolute Gasteiger partial charge is 0.331 e. The van der Waals surface area contributed by atoms with Crippen molar-refractivity contribution in [2.45, 2.75) is 77.4 Å². The Hall–Kier alpha value is -3.29. The molecule has 2 aliphatic heterocycles. The normalized spacial score (nSPS) is 28.0. The van der Waals surface area contributed by atoms with Gasteiger partial charge in [-0.1, -0.05) is 65.8 Å². The fourth-order valence-corrected chi connectivity index (χ4v) is 3.96. The van der Waals surface area contributed by atoms with E-state index in [-0.39, 0.29) is 30.8 Å². The van der Waals surface area contributed by atoms with Gasteiger partial charge >= 0.3 is 5.97 Å². The summed E-state index contributed by atoms with van der Waals surface area (Å²) in [4.78, 5) is 36.8. The molecule has 0 aromatic heterocycles. The average Bonchev–Trinajstić information content (AvgIpc) is 2.77. The van der Waals surface area contributed by atoms with E-state index in [4.69, 9.17) is 9.47 Å². The third-order valence-electron chi connectivity index (χ3n) is 5.60. The van der Waals surface area contributed by atoms with Crippen molar-refractivity contribution in [1.29, 1.82) is 0 Å². The molecule has 0 radical (unpaired) electrons. The number of amides is 1. The number of rotatable bonds is 4. The number of carbonyl (C=O) groups is 3. The van der Waals surface area contributed by atoms with E-state index in [2.05, 4.69) is 11.9 Å². The van der Waals surface area contributed by atoms with Gasteiger partial charge in [0.05, 0.1) is 12.2 Å². The van der Waals surface area contributed by atoms with Crippen molar-refractivity contribution in [3.63, 3.8) is 0 Å². The van der Waals surface area contributed by atoms with Crippen molar-refractivity contribution in [3.8, 4) is 0 Å². The number of ether oxygens (including phenoxy) is 2. The van der Waals surface area contributed by atoms with Crippen LogP contribution in [0.3, 0.4) is 0 Å². The number of cyclic esters (lactones) is 1. The first-order valence-electron chi connectivity index (χ1n) is 12.2. The summed E-state index contributed by atoms with van der Waals surface area (Å²) in [5, 5.41) is 13.1. The van der Waals surface area contributed by atoms with Crippen LogP contribution in [0.5, 0.6) is 0 Å². The first-order valence-corrected chi connectivity index (χ1v) is 12.2. The second kappa shape index (κ2) is 15.0. The van der Waals surface area contributed by atoms with Gasteiger partial charge in [0.2, 0.25) is 5.91 Å². The Bertz CT molecular complexity index is 997. The molecule has 1 saturated heterocycles. The molecule has 2 rings (SSSR count). The van der Waals surface area contributed by atoms with Crippen molar-refractivity contribution in [2.24, 2.45) is 0 Å². The molecule has 0 spiro atoms. The Labute approximate surface area is 213 Å². The van der Waals surface area contributed by atoms with E-state index in [1.165, 1.54) is 18.2 Å². The van der Waals surface area contributed by atoms with Crippen molar-refractivity contribution < 1.29 is 29.0 Å². The average molecular weight is 496 g/mol. The van der Waals surface area contributed by atoms with Crippen LogP contribution in [0, 0.1) is 0 Å². The molecule has 2 N–H and O–H groups in total. The fraction of sp³-hybridized carbons (Fsp3) is 0.414. The lowest BCUT2D eigenvalue weighted by molar-refractivity contribution is -0.151. The van der Waals surface area contributed by atoms with Gasteiger partial charge in [-0.2, -0.15) is 0 Å². The zero-order valence-electron chi connectivity index (χ0n) is 21.3. The summed E-state index contributed by atoms with van der Waals surface area (Å²) in [5.41, 5.74) is 2.67. The molecule has 2 heterocycles. The summed E-state index contributed by atoms with van der Waals surface area (Å²) in [6.45, 7) is 9.61. The number of hydrogen-bond donors (Lipinski definition) is 2. The van der Waals surface area contributed by atoms with Crippen LogP contribution in [0.1, 0.15) is 52.9 Å². The second-order valence-corrected chi connectivity index (χ2v) is 9.14. The number of carbonyl (C=O) groups excluding carboxylic acids is 3. The lowest BCUT2D eigenvalue weighted by Gasteiger charge is -2.30. The Morgan fingerprint density at radius 3 is 2.69 bits per heavy atom. The molecule has 0 unspecified atom stereocenters. The SMILES string of the molecule is C=C1C[C@@H]2C/C=C\C(=O)CC(C)=CC=CC(=O)O[C@H]([C@H](O)NC(=O)C=C/C=C/C)C/C(C)=C/[C@H](C1)O2. The summed E-state index contributed by atoms with van der Waals surface area (Å²) in [5.74, 6) is -1.23. The molecule has 0 aromatic rings. The molecule has 1 fully saturated rings. The molecule has 0 saturated carbocycles. The van der Waals surface area contributed by atoms with Gasteiger partial charge in [0, 0.05) is 25.0 Å². The van der Waals surface area contributed by atoms with E-state index in [9.17, 15) is 19.5 Å². The van der Waals surface area contributed by atoms with Crippen molar-refractivity contribution in [1.82, 2.24) is 5.32 Å². The van der Waals surface area contributed by atoms with Gasteiger partial charge in [0.1, 0.15) is 0 Å². The summed E-state index contributed by atoms with van der Waals surface area (Å²) in [6.07, 6.45) is 15.6. The Balaban J connectivity index is 2.28. The lowest BCUT2D eigenvalue weighted by Crippen LogP contribution is -2.44. The van der Waals surface area contributed by atoms with Gasteiger partial charge in [-0.25, -0.2) is 4.79 Å². The molecule has 0 aliphatic carbocycles. The van der Waals surface area contributed by atoms with Crippen LogP contribution in [0.4, 0.5) is 0 Å². The van der Waals surface area contributed by atoms with E-state index in [1.807, 2.05) is 26.0 Å². The molecule has 194 valence electrons. The Morgan fingerprint density at radius 2 is 1.94 bits per heavy atom. The Morgan fingerprint density at radius 1 is 1.17 bits per heavy atom. The minimum Gasteiger partial charge on any atom is -0.454 e. The maximum Gasteiger partial charge on any atom is 0.331 e. The molecular weight excluding hydrogens is 458 g/mol. The standard InChI is InChI=1S/C29H37NO6/c1-5-6-7-13-27(32)30-29(34)26-19-22(4)18-25-17-21(3)16-24(35-25)12-9-11-23(31)15-20(2)10-8-14-28(33)36-26/h5-11,13-14,18,24-26,29,34H,3,12,15-17,19H2,1-2,4H3,(H,30,32)/b6-5+,11-9-,13-7?,14-8?,20-10?,22-18+/t24-,25-,26-,29-/m0/s1. The summed E-state index contributed by atoms with van der Waals surface area (Å²) >= 11 is 0. The number of allylic oxidation sites excluding steroid dienone is 7. The number of esters is 1. The first kappa shape index (κ1) is 28.9. The number of aliphatic hydroxyl groups is 1. The Kier molecular flexibility index (Phi) is 12.0. The third-order valence-corrected chi connectivity index (χ3v) is 5.60. The molecule has 1 amide bonds. The number of hydrogen-bond acceptors (Lipinski definition) is 6. The highest BCUT2D eigenvalue weighted by atomic mass is 16.6. The minimum absolute atomic E-state index is 0.0369. The maximum absolute atomic E-state index is 12.5. The highest BCUT2D eigenvalue weighted by Gasteiger charge is 2.26. The summed E-state index contributed by atoms with van der Waals surface area (Å²) in [6, 6.07) is 0. The van der Waals surface area contributed by atoms with Crippen LogP contribution in [-0.4, -0.2) is 47.3 Å². The van der Waals surface area contributed by atoms with E-state index in [1.54, 1.807) is 37.3 Å². The van der Waals surface area contributed by atoms with Crippen molar-refractivity contribution >= 4 is 17.7 Å². The maximum atomic E-state index is 12.5. The van der Waals surface area contributed by atoms with Crippen LogP contribution in [0.25, 0.3) is 0 Å². The van der Waals surface area contributed by atoms with Crippen LogP contribution in [0.2, 0.25) is 0 Å². The van der Waals surface area contributed by atoms with Gasteiger partial charge in [-0.15, -0.1) is 0 Å². The quantitative estimate of drug-likeness (QED) is 0.198. The molecule has 4 atom stereocenters. The topological polar surface area (TPSA) is 102 Å². The second-order valence-electron chi connectivity index (χ2n) is 9.14. The molecule has 2 aliphatic rings.